The summed E-state index contributed by atoms with van der Waals surface area (Å²) >= 11 is 0. The number of hydrogen-bond donors (Lipinski definition) is 3. The Labute approximate surface area is 166 Å². The van der Waals surface area contributed by atoms with Crippen molar-refractivity contribution < 1.29 is 14.9 Å². The van der Waals surface area contributed by atoms with E-state index < -0.39 is 6.10 Å². The van der Waals surface area contributed by atoms with E-state index in [-0.39, 0.29) is 12.7 Å². The highest BCUT2D eigenvalue weighted by atomic mass is 16.5. The Hall–Kier alpha value is -1.93. The van der Waals surface area contributed by atoms with E-state index in [9.17, 15) is 10.2 Å². The third kappa shape index (κ3) is 7.24. The van der Waals surface area contributed by atoms with Gasteiger partial charge in [-0.15, -0.1) is 0 Å². The Morgan fingerprint density at radius 3 is 2.89 bits per heavy atom. The standard InChI is InChI=1S/C21H32N4O3/c26-19-6-12-24(13-7-19)16-20(27)17-28-21-5-1-4-18(14-21)15-22-8-2-10-25-11-3-9-23-25/h1,3-5,9,11,14,19-20,22,26-27H,2,6-8,10,12-13,15-17H2/t20-/m0/s1. The molecule has 28 heavy (non-hydrogen) atoms. The topological polar surface area (TPSA) is 82.8 Å². The molecular formula is C21H32N4O3. The molecule has 0 bridgehead atoms. The zero-order valence-electron chi connectivity index (χ0n) is 16.4. The van der Waals surface area contributed by atoms with Crippen LogP contribution in [-0.2, 0) is 13.1 Å². The van der Waals surface area contributed by atoms with Crippen molar-refractivity contribution >= 4 is 0 Å². The van der Waals surface area contributed by atoms with Gasteiger partial charge >= 0.3 is 0 Å². The first-order valence-electron chi connectivity index (χ1n) is 10.2. The van der Waals surface area contributed by atoms with Crippen LogP contribution in [0.5, 0.6) is 5.75 Å². The SMILES string of the molecule is OC1CCN(C[C@H](O)COc2cccc(CNCCCn3cccn3)c2)CC1. The summed E-state index contributed by atoms with van der Waals surface area (Å²) in [6, 6.07) is 9.93. The number of likely N-dealkylation sites (tertiary alicyclic amines) is 1. The van der Waals surface area contributed by atoms with Crippen LogP contribution in [0.4, 0.5) is 0 Å². The van der Waals surface area contributed by atoms with Crippen LogP contribution in [0.3, 0.4) is 0 Å². The molecule has 3 N–H and O–H groups in total. The van der Waals surface area contributed by atoms with Crippen molar-refractivity contribution in [1.82, 2.24) is 20.0 Å². The minimum absolute atomic E-state index is 0.188. The van der Waals surface area contributed by atoms with Crippen LogP contribution in [0.15, 0.2) is 42.7 Å². The number of benzene rings is 1. The van der Waals surface area contributed by atoms with Crippen LogP contribution < -0.4 is 10.1 Å². The fraction of sp³-hybridized carbons (Fsp3) is 0.571. The highest BCUT2D eigenvalue weighted by Gasteiger charge is 2.19. The smallest absolute Gasteiger partial charge is 0.119 e. The Morgan fingerprint density at radius 2 is 2.11 bits per heavy atom. The van der Waals surface area contributed by atoms with Gasteiger partial charge in [0.15, 0.2) is 0 Å². The van der Waals surface area contributed by atoms with Gasteiger partial charge in [0.25, 0.3) is 0 Å². The molecule has 1 aliphatic rings. The van der Waals surface area contributed by atoms with Crippen molar-refractivity contribution in [1.29, 1.82) is 0 Å². The van der Waals surface area contributed by atoms with Gasteiger partial charge in [-0.1, -0.05) is 12.1 Å². The van der Waals surface area contributed by atoms with E-state index in [1.54, 1.807) is 6.20 Å². The average molecular weight is 389 g/mol. The number of ether oxygens (including phenoxy) is 1. The lowest BCUT2D eigenvalue weighted by Gasteiger charge is -2.30. The molecule has 7 nitrogen and oxygen atoms in total. The molecule has 1 aliphatic heterocycles. The molecule has 0 amide bonds. The molecule has 1 fully saturated rings. The van der Waals surface area contributed by atoms with Gasteiger partial charge in [-0.2, -0.15) is 5.10 Å². The van der Waals surface area contributed by atoms with E-state index in [4.69, 9.17) is 4.74 Å². The summed E-state index contributed by atoms with van der Waals surface area (Å²) in [6.07, 6.45) is 5.65. The Kier molecular flexibility index (Phi) is 8.29. The number of β-amino-alcohol motifs (C(OH)–C–C–N with tert-alkyl or cyclic N) is 1. The van der Waals surface area contributed by atoms with E-state index in [0.717, 1.165) is 63.3 Å². The van der Waals surface area contributed by atoms with Crippen molar-refractivity contribution in [3.05, 3.63) is 48.3 Å². The maximum Gasteiger partial charge on any atom is 0.119 e. The van der Waals surface area contributed by atoms with Crippen molar-refractivity contribution in [2.45, 2.75) is 44.6 Å². The largest absolute Gasteiger partial charge is 0.491 e. The van der Waals surface area contributed by atoms with Crippen LogP contribution in [0.2, 0.25) is 0 Å². The number of rotatable bonds is 11. The fourth-order valence-electron chi connectivity index (χ4n) is 3.42. The van der Waals surface area contributed by atoms with Gasteiger partial charge in [-0.05, 0) is 49.6 Å². The number of aryl methyl sites for hydroxylation is 1. The number of piperidine rings is 1. The lowest BCUT2D eigenvalue weighted by atomic mass is 10.1. The number of aliphatic hydroxyl groups is 2. The molecule has 0 radical (unpaired) electrons. The van der Waals surface area contributed by atoms with E-state index in [1.165, 1.54) is 0 Å². The maximum atomic E-state index is 10.2. The Bertz CT molecular complexity index is 672. The zero-order chi connectivity index (χ0) is 19.6. The minimum Gasteiger partial charge on any atom is -0.491 e. The monoisotopic (exact) mass is 388 g/mol. The summed E-state index contributed by atoms with van der Waals surface area (Å²) in [6.45, 7) is 5.16. The summed E-state index contributed by atoms with van der Waals surface area (Å²) in [7, 11) is 0. The highest BCUT2D eigenvalue weighted by Crippen LogP contribution is 2.14. The third-order valence-corrected chi connectivity index (χ3v) is 5.00. The average Bonchev–Trinajstić information content (AvgIpc) is 3.22. The molecule has 154 valence electrons. The summed E-state index contributed by atoms with van der Waals surface area (Å²) in [5.74, 6) is 0.781. The Balaban J connectivity index is 1.32. The second-order valence-corrected chi connectivity index (χ2v) is 7.44. The van der Waals surface area contributed by atoms with Gasteiger partial charge < -0.3 is 25.2 Å². The first-order chi connectivity index (χ1) is 13.7. The first kappa shape index (κ1) is 20.8. The van der Waals surface area contributed by atoms with Gasteiger partial charge in [0.1, 0.15) is 18.5 Å². The molecule has 2 aromatic rings. The zero-order valence-corrected chi connectivity index (χ0v) is 16.4. The number of aliphatic hydroxyl groups excluding tert-OH is 2. The van der Waals surface area contributed by atoms with E-state index >= 15 is 0 Å². The van der Waals surface area contributed by atoms with Gasteiger partial charge in [0, 0.05) is 45.1 Å². The molecule has 3 rings (SSSR count). The molecular weight excluding hydrogens is 356 g/mol. The number of nitrogens with one attached hydrogen (secondary N) is 1. The Morgan fingerprint density at radius 1 is 1.25 bits per heavy atom. The van der Waals surface area contributed by atoms with Crippen molar-refractivity contribution in [2.24, 2.45) is 0 Å². The predicted molar refractivity (Wildman–Crippen MR) is 108 cm³/mol. The second kappa shape index (κ2) is 11.2. The summed E-state index contributed by atoms with van der Waals surface area (Å²) in [4.78, 5) is 2.18. The van der Waals surface area contributed by atoms with E-state index in [0.29, 0.717) is 6.54 Å². The molecule has 7 heteroatoms. The maximum absolute atomic E-state index is 10.2. The van der Waals surface area contributed by atoms with Crippen LogP contribution in [0, 0.1) is 0 Å². The van der Waals surface area contributed by atoms with Crippen molar-refractivity contribution in [3.63, 3.8) is 0 Å². The molecule has 1 atom stereocenters. The summed E-state index contributed by atoms with van der Waals surface area (Å²) in [5.41, 5.74) is 1.16. The van der Waals surface area contributed by atoms with E-state index in [1.807, 2.05) is 35.1 Å². The van der Waals surface area contributed by atoms with Crippen LogP contribution in [0.25, 0.3) is 0 Å². The molecule has 2 heterocycles. The molecule has 0 saturated carbocycles. The summed E-state index contributed by atoms with van der Waals surface area (Å²) in [5, 5.41) is 27.4. The fourth-order valence-corrected chi connectivity index (χ4v) is 3.42. The van der Waals surface area contributed by atoms with Gasteiger partial charge in [0.2, 0.25) is 0 Å². The molecule has 1 aromatic heterocycles. The van der Waals surface area contributed by atoms with Gasteiger partial charge in [-0.3, -0.25) is 4.68 Å². The quantitative estimate of drug-likeness (QED) is 0.503. The molecule has 0 spiro atoms. The number of aromatic nitrogens is 2. The summed E-state index contributed by atoms with van der Waals surface area (Å²) < 4.78 is 7.72. The normalized spacial score (nSPS) is 16.9. The highest BCUT2D eigenvalue weighted by molar-refractivity contribution is 5.28. The van der Waals surface area contributed by atoms with Gasteiger partial charge in [0.05, 0.1) is 6.10 Å². The minimum atomic E-state index is -0.528. The number of hydrogen-bond acceptors (Lipinski definition) is 6. The van der Waals surface area contributed by atoms with Crippen LogP contribution >= 0.6 is 0 Å². The van der Waals surface area contributed by atoms with Gasteiger partial charge in [-0.25, -0.2) is 0 Å². The molecule has 0 unspecified atom stereocenters. The molecule has 1 aromatic carbocycles. The van der Waals surface area contributed by atoms with Crippen molar-refractivity contribution in [3.8, 4) is 5.75 Å². The van der Waals surface area contributed by atoms with Crippen LogP contribution in [0.1, 0.15) is 24.8 Å². The van der Waals surface area contributed by atoms with Crippen molar-refractivity contribution in [2.75, 3.05) is 32.8 Å². The second-order valence-electron chi connectivity index (χ2n) is 7.44. The van der Waals surface area contributed by atoms with E-state index in [2.05, 4.69) is 21.4 Å². The number of nitrogens with zero attached hydrogens (tertiary/aromatic N) is 3. The lowest BCUT2D eigenvalue weighted by Crippen LogP contribution is -2.41. The first-order valence-corrected chi connectivity index (χ1v) is 10.2. The molecule has 1 saturated heterocycles. The third-order valence-electron chi connectivity index (χ3n) is 5.00. The van der Waals surface area contributed by atoms with Crippen LogP contribution in [-0.4, -0.2) is 69.9 Å². The molecule has 0 aliphatic carbocycles. The predicted octanol–water partition coefficient (Wildman–Crippen LogP) is 1.26. The lowest BCUT2D eigenvalue weighted by molar-refractivity contribution is 0.0337.